The lowest BCUT2D eigenvalue weighted by Crippen LogP contribution is -2.17. The third-order valence-corrected chi connectivity index (χ3v) is 3.68. The van der Waals surface area contributed by atoms with Gasteiger partial charge in [0, 0.05) is 24.5 Å². The van der Waals surface area contributed by atoms with Gasteiger partial charge in [-0.2, -0.15) is 0 Å². The molecule has 3 rings (SSSR count). The van der Waals surface area contributed by atoms with E-state index in [0.29, 0.717) is 12.3 Å². The zero-order chi connectivity index (χ0) is 14.7. The van der Waals surface area contributed by atoms with Gasteiger partial charge in [-0.3, -0.25) is 0 Å². The van der Waals surface area contributed by atoms with Gasteiger partial charge < -0.3 is 19.7 Å². The summed E-state index contributed by atoms with van der Waals surface area (Å²) < 4.78 is 5.22. The van der Waals surface area contributed by atoms with Gasteiger partial charge in [0.1, 0.15) is 12.0 Å². The Morgan fingerprint density at radius 1 is 1.29 bits per heavy atom. The van der Waals surface area contributed by atoms with E-state index in [4.69, 9.17) is 9.52 Å². The molecule has 1 aromatic heterocycles. The number of nitrogens with zero attached hydrogens (tertiary/aromatic N) is 1. The fourth-order valence-electron chi connectivity index (χ4n) is 2.56. The van der Waals surface area contributed by atoms with Crippen molar-refractivity contribution in [2.75, 3.05) is 23.3 Å². The Bertz CT molecular complexity index is 630. The van der Waals surface area contributed by atoms with Crippen LogP contribution in [-0.2, 0) is 6.54 Å². The second-order valence-corrected chi connectivity index (χ2v) is 5.20. The highest BCUT2D eigenvalue weighted by atomic mass is 16.4. The Morgan fingerprint density at radius 2 is 2.10 bits per heavy atom. The van der Waals surface area contributed by atoms with Crippen LogP contribution in [0.2, 0.25) is 0 Å². The normalized spacial score (nSPS) is 14.4. The standard InChI is InChI=1S/C16H18N2O3/c19-16(20)12-8-15(21-11-12)10-17-13-4-3-5-14(9-13)18-6-1-2-7-18/h3-5,8-9,11,17H,1-2,6-7,10H2,(H,19,20). The van der Waals surface area contributed by atoms with E-state index in [9.17, 15) is 4.79 Å². The molecule has 0 spiro atoms. The minimum absolute atomic E-state index is 0.178. The maximum Gasteiger partial charge on any atom is 0.338 e. The number of hydrogen-bond acceptors (Lipinski definition) is 4. The molecule has 21 heavy (non-hydrogen) atoms. The Kier molecular flexibility index (Phi) is 3.81. The molecule has 1 aliphatic rings. The zero-order valence-electron chi connectivity index (χ0n) is 11.7. The number of carboxylic acid groups (broad SMARTS) is 1. The van der Waals surface area contributed by atoms with E-state index in [2.05, 4.69) is 22.3 Å². The number of benzene rings is 1. The first-order chi connectivity index (χ1) is 10.2. The highest BCUT2D eigenvalue weighted by Gasteiger charge is 2.12. The number of nitrogens with one attached hydrogen (secondary N) is 1. The second-order valence-electron chi connectivity index (χ2n) is 5.20. The second kappa shape index (κ2) is 5.91. The molecule has 2 aromatic rings. The minimum Gasteiger partial charge on any atom is -0.478 e. The largest absolute Gasteiger partial charge is 0.478 e. The smallest absolute Gasteiger partial charge is 0.338 e. The quantitative estimate of drug-likeness (QED) is 0.883. The van der Waals surface area contributed by atoms with Crippen LogP contribution in [0.3, 0.4) is 0 Å². The van der Waals surface area contributed by atoms with E-state index >= 15 is 0 Å². The van der Waals surface area contributed by atoms with Crippen LogP contribution in [0.4, 0.5) is 11.4 Å². The molecule has 0 amide bonds. The third-order valence-electron chi connectivity index (χ3n) is 3.68. The Morgan fingerprint density at radius 3 is 2.81 bits per heavy atom. The summed E-state index contributed by atoms with van der Waals surface area (Å²) in [7, 11) is 0. The van der Waals surface area contributed by atoms with E-state index in [1.807, 2.05) is 12.1 Å². The van der Waals surface area contributed by atoms with Crippen LogP contribution in [0, 0.1) is 0 Å². The van der Waals surface area contributed by atoms with Gasteiger partial charge in [-0.1, -0.05) is 6.07 Å². The highest BCUT2D eigenvalue weighted by Crippen LogP contribution is 2.23. The van der Waals surface area contributed by atoms with Crippen molar-refractivity contribution in [3.8, 4) is 0 Å². The molecule has 110 valence electrons. The topological polar surface area (TPSA) is 65.7 Å². The van der Waals surface area contributed by atoms with Crippen molar-refractivity contribution in [2.45, 2.75) is 19.4 Å². The molecule has 0 bridgehead atoms. The fraction of sp³-hybridized carbons (Fsp3) is 0.312. The lowest BCUT2D eigenvalue weighted by atomic mass is 10.2. The summed E-state index contributed by atoms with van der Waals surface area (Å²) in [4.78, 5) is 13.2. The number of hydrogen-bond donors (Lipinski definition) is 2. The van der Waals surface area contributed by atoms with Crippen LogP contribution in [0.5, 0.6) is 0 Å². The van der Waals surface area contributed by atoms with Gasteiger partial charge in [-0.25, -0.2) is 4.79 Å². The fourth-order valence-corrected chi connectivity index (χ4v) is 2.56. The van der Waals surface area contributed by atoms with Crippen molar-refractivity contribution in [1.29, 1.82) is 0 Å². The summed E-state index contributed by atoms with van der Waals surface area (Å²) in [5.74, 6) is -0.361. The van der Waals surface area contributed by atoms with E-state index in [1.54, 1.807) is 6.07 Å². The summed E-state index contributed by atoms with van der Waals surface area (Å²) in [6.45, 7) is 2.70. The number of aromatic carboxylic acids is 1. The van der Waals surface area contributed by atoms with Gasteiger partial charge in [0.15, 0.2) is 0 Å². The minimum atomic E-state index is -0.971. The Balaban J connectivity index is 1.64. The molecule has 2 heterocycles. The van der Waals surface area contributed by atoms with Gasteiger partial charge in [-0.15, -0.1) is 0 Å². The van der Waals surface area contributed by atoms with E-state index in [0.717, 1.165) is 18.8 Å². The molecule has 0 unspecified atom stereocenters. The molecule has 1 aliphatic heterocycles. The summed E-state index contributed by atoms with van der Waals surface area (Å²) >= 11 is 0. The van der Waals surface area contributed by atoms with Gasteiger partial charge in [0.05, 0.1) is 12.1 Å². The lowest BCUT2D eigenvalue weighted by Gasteiger charge is -2.18. The first-order valence-corrected chi connectivity index (χ1v) is 7.12. The first kappa shape index (κ1) is 13.5. The first-order valence-electron chi connectivity index (χ1n) is 7.12. The Labute approximate surface area is 123 Å². The van der Waals surface area contributed by atoms with Gasteiger partial charge >= 0.3 is 5.97 Å². The van der Waals surface area contributed by atoms with Crippen molar-refractivity contribution in [2.24, 2.45) is 0 Å². The van der Waals surface area contributed by atoms with Crippen LogP contribution in [0.1, 0.15) is 29.0 Å². The molecule has 0 saturated carbocycles. The summed E-state index contributed by atoms with van der Waals surface area (Å²) in [5.41, 5.74) is 2.41. The highest BCUT2D eigenvalue weighted by molar-refractivity contribution is 5.87. The zero-order valence-corrected chi connectivity index (χ0v) is 11.7. The van der Waals surface area contributed by atoms with Crippen LogP contribution in [-0.4, -0.2) is 24.2 Å². The molecule has 0 atom stereocenters. The molecular formula is C16H18N2O3. The molecule has 1 aromatic carbocycles. The number of anilines is 2. The summed E-state index contributed by atoms with van der Waals surface area (Å²) in [6.07, 6.45) is 3.77. The van der Waals surface area contributed by atoms with E-state index < -0.39 is 5.97 Å². The van der Waals surface area contributed by atoms with Crippen LogP contribution >= 0.6 is 0 Å². The Hall–Kier alpha value is -2.43. The number of carbonyl (C=O) groups is 1. The predicted molar refractivity (Wildman–Crippen MR) is 80.9 cm³/mol. The molecule has 0 radical (unpaired) electrons. The molecule has 0 aliphatic carbocycles. The van der Waals surface area contributed by atoms with Gasteiger partial charge in [0.25, 0.3) is 0 Å². The third kappa shape index (κ3) is 3.18. The molecule has 2 N–H and O–H groups in total. The number of carboxylic acids is 1. The predicted octanol–water partition coefficient (Wildman–Crippen LogP) is 3.19. The molecular weight excluding hydrogens is 268 g/mol. The number of furan rings is 1. The van der Waals surface area contributed by atoms with Crippen molar-refractivity contribution >= 4 is 17.3 Å². The summed E-state index contributed by atoms with van der Waals surface area (Å²) in [6, 6.07) is 9.80. The van der Waals surface area contributed by atoms with Crippen LogP contribution in [0.15, 0.2) is 41.0 Å². The van der Waals surface area contributed by atoms with E-state index in [-0.39, 0.29) is 5.56 Å². The van der Waals surface area contributed by atoms with Gasteiger partial charge in [0.2, 0.25) is 0 Å². The lowest BCUT2D eigenvalue weighted by molar-refractivity contribution is 0.0696. The molecule has 1 fully saturated rings. The van der Waals surface area contributed by atoms with Crippen molar-refractivity contribution in [1.82, 2.24) is 0 Å². The summed E-state index contributed by atoms with van der Waals surface area (Å²) in [5, 5.41) is 12.1. The van der Waals surface area contributed by atoms with Crippen LogP contribution < -0.4 is 10.2 Å². The van der Waals surface area contributed by atoms with Crippen LogP contribution in [0.25, 0.3) is 0 Å². The molecule has 5 nitrogen and oxygen atoms in total. The molecule has 5 heteroatoms. The van der Waals surface area contributed by atoms with E-state index in [1.165, 1.54) is 24.8 Å². The van der Waals surface area contributed by atoms with Crippen molar-refractivity contribution < 1.29 is 14.3 Å². The maximum atomic E-state index is 10.8. The SMILES string of the molecule is O=C(O)c1coc(CNc2cccc(N3CCCC3)c2)c1. The van der Waals surface area contributed by atoms with Gasteiger partial charge in [-0.05, 0) is 37.1 Å². The average molecular weight is 286 g/mol. The molecule has 1 saturated heterocycles. The van der Waals surface area contributed by atoms with Crippen molar-refractivity contribution in [3.05, 3.63) is 47.9 Å². The average Bonchev–Trinajstić information content (AvgIpc) is 3.17. The number of rotatable bonds is 5. The maximum absolute atomic E-state index is 10.8. The monoisotopic (exact) mass is 286 g/mol. The van der Waals surface area contributed by atoms with Crippen molar-refractivity contribution in [3.63, 3.8) is 0 Å².